The van der Waals surface area contributed by atoms with Gasteiger partial charge in [0.05, 0.1) is 13.2 Å². The second-order valence-corrected chi connectivity index (χ2v) is 12.5. The third-order valence-electron chi connectivity index (χ3n) is 7.73. The lowest BCUT2D eigenvalue weighted by Gasteiger charge is -1.99. The number of carboxylic acids is 2. The van der Waals surface area contributed by atoms with Gasteiger partial charge in [-0.1, -0.05) is 141 Å². The van der Waals surface area contributed by atoms with Gasteiger partial charge in [0, 0.05) is 12.8 Å². The van der Waals surface area contributed by atoms with Gasteiger partial charge in [-0.05, 0) is 64.2 Å². The molecule has 0 aromatic carbocycles. The lowest BCUT2D eigenvalue weighted by Crippen LogP contribution is -2.15. The first-order chi connectivity index (χ1) is 22.3. The summed E-state index contributed by atoms with van der Waals surface area (Å²) in [6, 6.07) is 0. The van der Waals surface area contributed by atoms with E-state index in [9.17, 15) is 9.59 Å². The fourth-order valence-corrected chi connectivity index (χ4v) is 4.75. The van der Waals surface area contributed by atoms with Gasteiger partial charge in [0.2, 0.25) is 0 Å². The molecule has 5 N–H and O–H groups in total. The smallest absolute Gasteiger partial charge is 0.303 e. The van der Waals surface area contributed by atoms with Crippen molar-refractivity contribution in [2.45, 2.75) is 200 Å². The molecule has 0 atom stereocenters. The van der Waals surface area contributed by atoms with Crippen molar-refractivity contribution in [1.82, 2.24) is 0 Å². The van der Waals surface area contributed by atoms with Gasteiger partial charge >= 0.3 is 11.9 Å². The van der Waals surface area contributed by atoms with Crippen molar-refractivity contribution in [3.05, 3.63) is 24.3 Å². The molecule has 0 radical (unpaired) electrons. The quantitative estimate of drug-likeness (QED) is 0.0359. The molecule has 0 aromatic heterocycles. The lowest BCUT2D eigenvalue weighted by molar-refractivity contribution is -0.138. The number of hydrogen-bond donors (Lipinski definition) is 5. The number of carboxylic acid groups (broad SMARTS) is 2. The van der Waals surface area contributed by atoms with Crippen molar-refractivity contribution in [3.63, 3.8) is 0 Å². The molecule has 0 saturated carbocycles. The molecule has 0 heterocycles. The summed E-state index contributed by atoms with van der Waals surface area (Å²) in [4.78, 5) is 20.6. The summed E-state index contributed by atoms with van der Waals surface area (Å²) in [6.45, 7) is 3.79. The summed E-state index contributed by atoms with van der Waals surface area (Å²) in [7, 11) is 0. The largest absolute Gasteiger partial charge is 0.481 e. The number of aliphatic hydroxyl groups is 3. The van der Waals surface area contributed by atoms with Crippen LogP contribution in [0.15, 0.2) is 24.3 Å². The van der Waals surface area contributed by atoms with E-state index in [-0.39, 0.29) is 13.2 Å². The summed E-state index contributed by atoms with van der Waals surface area (Å²) in [5.41, 5.74) is 0. The first-order valence-corrected chi connectivity index (χ1v) is 19.0. The predicted octanol–water partition coefficient (Wildman–Crippen LogP) is 10.5. The Morgan fingerprint density at radius 2 is 0.674 bits per heavy atom. The molecule has 0 aromatic rings. The molecule has 0 aliphatic heterocycles. The summed E-state index contributed by atoms with van der Waals surface area (Å²) < 4.78 is 0. The predicted molar refractivity (Wildman–Crippen MR) is 194 cm³/mol. The third-order valence-corrected chi connectivity index (χ3v) is 7.73. The molecule has 0 fully saturated rings. The zero-order valence-electron chi connectivity index (χ0n) is 30.2. The van der Waals surface area contributed by atoms with Crippen molar-refractivity contribution in [2.24, 2.45) is 0 Å². The highest BCUT2D eigenvalue weighted by Gasteiger charge is 1.97. The Balaban J connectivity index is -0.000000682. The Labute approximate surface area is 284 Å². The molecule has 46 heavy (non-hydrogen) atoms. The monoisotopic (exact) mass is 657 g/mol. The Morgan fingerprint density at radius 3 is 0.891 bits per heavy atom. The van der Waals surface area contributed by atoms with Crippen LogP contribution in [0.3, 0.4) is 0 Å². The maximum atomic E-state index is 10.3. The topological polar surface area (TPSA) is 135 Å². The molecule has 274 valence electrons. The van der Waals surface area contributed by atoms with E-state index < -0.39 is 18.0 Å². The third kappa shape index (κ3) is 54.8. The summed E-state index contributed by atoms with van der Waals surface area (Å²) in [5.74, 6) is -1.33. The second kappa shape index (κ2) is 45.4. The zero-order valence-corrected chi connectivity index (χ0v) is 30.2. The Morgan fingerprint density at radius 1 is 0.435 bits per heavy atom. The van der Waals surface area contributed by atoms with Gasteiger partial charge in [0.25, 0.3) is 0 Å². The molecule has 0 spiro atoms. The fraction of sp³-hybridized carbons (Fsp3) is 0.846. The van der Waals surface area contributed by atoms with E-state index in [4.69, 9.17) is 25.5 Å². The van der Waals surface area contributed by atoms with Crippen LogP contribution in [-0.4, -0.2) is 56.8 Å². The van der Waals surface area contributed by atoms with Gasteiger partial charge in [0.15, 0.2) is 0 Å². The SMILES string of the molecule is CCCCCCCCC=CCCCCCCCC(=O)O.CCCCCCCCC=CCCCCCCCC(=O)O.OCC(O)CO. The Hall–Kier alpha value is -1.70. The maximum Gasteiger partial charge on any atom is 0.303 e. The van der Waals surface area contributed by atoms with Crippen LogP contribution < -0.4 is 0 Å². The molecular weight excluding hydrogens is 580 g/mol. The van der Waals surface area contributed by atoms with E-state index >= 15 is 0 Å². The number of aliphatic hydroxyl groups excluding tert-OH is 3. The first-order valence-electron chi connectivity index (χ1n) is 19.0. The number of allylic oxidation sites excluding steroid dienone is 4. The normalized spacial score (nSPS) is 11.1. The van der Waals surface area contributed by atoms with Crippen molar-refractivity contribution in [1.29, 1.82) is 0 Å². The molecule has 0 rings (SSSR count). The van der Waals surface area contributed by atoms with Crippen LogP contribution in [0, 0.1) is 0 Å². The molecule has 0 aliphatic carbocycles. The number of rotatable bonds is 32. The van der Waals surface area contributed by atoms with Crippen molar-refractivity contribution >= 4 is 11.9 Å². The average molecular weight is 657 g/mol. The van der Waals surface area contributed by atoms with Crippen LogP contribution in [0.1, 0.15) is 194 Å². The Kier molecular flexibility index (Phi) is 48.1. The molecule has 7 heteroatoms. The van der Waals surface area contributed by atoms with E-state index in [0.29, 0.717) is 12.8 Å². The lowest BCUT2D eigenvalue weighted by atomic mass is 10.1. The summed E-state index contributed by atoms with van der Waals surface area (Å²) in [5, 5.41) is 41.0. The van der Waals surface area contributed by atoms with Gasteiger partial charge in [-0.25, -0.2) is 0 Å². The van der Waals surface area contributed by atoms with Crippen molar-refractivity contribution < 1.29 is 35.1 Å². The van der Waals surface area contributed by atoms with Crippen LogP contribution in [0.5, 0.6) is 0 Å². The molecule has 0 bridgehead atoms. The van der Waals surface area contributed by atoms with E-state index in [0.717, 1.165) is 25.7 Å². The number of aliphatic carboxylic acids is 2. The highest BCUT2D eigenvalue weighted by molar-refractivity contribution is 5.66. The average Bonchev–Trinajstić information content (AvgIpc) is 3.04. The van der Waals surface area contributed by atoms with Gasteiger partial charge in [-0.3, -0.25) is 9.59 Å². The first kappa shape index (κ1) is 48.7. The van der Waals surface area contributed by atoms with Crippen molar-refractivity contribution in [3.8, 4) is 0 Å². The zero-order chi connectivity index (χ0) is 34.8. The van der Waals surface area contributed by atoms with Gasteiger partial charge in [0.1, 0.15) is 6.10 Å². The van der Waals surface area contributed by atoms with E-state index in [1.165, 1.54) is 141 Å². The van der Waals surface area contributed by atoms with Crippen LogP contribution in [-0.2, 0) is 9.59 Å². The summed E-state index contributed by atoms with van der Waals surface area (Å²) >= 11 is 0. The van der Waals surface area contributed by atoms with Gasteiger partial charge in [-0.15, -0.1) is 0 Å². The van der Waals surface area contributed by atoms with E-state index in [1.54, 1.807) is 0 Å². The van der Waals surface area contributed by atoms with Crippen LogP contribution in [0.4, 0.5) is 0 Å². The number of unbranched alkanes of at least 4 members (excludes halogenated alkanes) is 22. The van der Waals surface area contributed by atoms with E-state index in [1.807, 2.05) is 0 Å². The summed E-state index contributed by atoms with van der Waals surface area (Å²) in [6.07, 6.45) is 41.5. The number of hydrogen-bond acceptors (Lipinski definition) is 5. The highest BCUT2D eigenvalue weighted by atomic mass is 16.4. The maximum absolute atomic E-state index is 10.3. The molecule has 0 amide bonds. The molecule has 0 unspecified atom stereocenters. The minimum absolute atomic E-state index is 0.332. The van der Waals surface area contributed by atoms with Crippen molar-refractivity contribution in [2.75, 3.05) is 13.2 Å². The van der Waals surface area contributed by atoms with E-state index in [2.05, 4.69) is 38.2 Å². The standard InChI is InChI=1S/2C18H34O2.C3H8O3/c2*1-2-3-4-5-6-7-8-9-10-11-12-13-14-15-16-17-18(19)20;4-1-3(6)2-5/h2*9-10H,2-8,11-17H2,1H3,(H,19,20);3-6H,1-2H2. The molecule has 0 aliphatic rings. The van der Waals surface area contributed by atoms with Gasteiger partial charge in [-0.2, -0.15) is 0 Å². The fourth-order valence-electron chi connectivity index (χ4n) is 4.75. The molecular formula is C39H76O7. The molecule has 0 saturated heterocycles. The minimum Gasteiger partial charge on any atom is -0.481 e. The van der Waals surface area contributed by atoms with Gasteiger partial charge < -0.3 is 25.5 Å². The minimum atomic E-state index is -0.954. The molecule has 7 nitrogen and oxygen atoms in total. The number of carbonyl (C=O) groups is 2. The van der Waals surface area contributed by atoms with Crippen LogP contribution in [0.25, 0.3) is 0 Å². The van der Waals surface area contributed by atoms with Crippen LogP contribution >= 0.6 is 0 Å². The highest BCUT2D eigenvalue weighted by Crippen LogP contribution is 2.11. The van der Waals surface area contributed by atoms with Crippen LogP contribution in [0.2, 0.25) is 0 Å². The second-order valence-electron chi connectivity index (χ2n) is 12.5. The Bertz CT molecular complexity index is 594.